The standard InChI is InChI=1S/C15H13F3N6O4/c16-15(17,18)8-1-3-9(4-2-8)22-12-11(19-5-6-20-12)13(26)24-23-10(25)7-21-14(27)28/h1-6,21H,7H2,(H,20,22)(H,23,25)(H,24,26)(H,27,28). The van der Waals surface area contributed by atoms with Crippen LogP contribution < -0.4 is 21.5 Å². The van der Waals surface area contributed by atoms with Crippen LogP contribution in [0.15, 0.2) is 36.7 Å². The van der Waals surface area contributed by atoms with Gasteiger partial charge in [0.25, 0.3) is 11.8 Å². The SMILES string of the molecule is O=C(O)NCC(=O)NNC(=O)c1nccnc1Nc1ccc(C(F)(F)F)cc1. The molecular formula is C15H13F3N6O4. The summed E-state index contributed by atoms with van der Waals surface area (Å²) in [5.74, 6) is -1.79. The summed E-state index contributed by atoms with van der Waals surface area (Å²) < 4.78 is 37.8. The van der Waals surface area contributed by atoms with Crippen molar-refractivity contribution in [3.63, 3.8) is 0 Å². The fourth-order valence-corrected chi connectivity index (χ4v) is 1.86. The molecule has 0 aliphatic rings. The van der Waals surface area contributed by atoms with Gasteiger partial charge in [0.15, 0.2) is 11.5 Å². The number of carboxylic acid groups (broad SMARTS) is 1. The molecule has 148 valence electrons. The molecule has 3 amide bonds. The van der Waals surface area contributed by atoms with Crippen molar-refractivity contribution in [2.45, 2.75) is 6.18 Å². The largest absolute Gasteiger partial charge is 0.465 e. The van der Waals surface area contributed by atoms with Crippen LogP contribution in [-0.4, -0.2) is 39.5 Å². The number of halogens is 3. The fourth-order valence-electron chi connectivity index (χ4n) is 1.86. The quantitative estimate of drug-likeness (QED) is 0.477. The zero-order valence-corrected chi connectivity index (χ0v) is 13.9. The third-order valence-corrected chi connectivity index (χ3v) is 3.10. The number of aromatic nitrogens is 2. The number of carbonyl (C=O) groups excluding carboxylic acids is 2. The lowest BCUT2D eigenvalue weighted by molar-refractivity contribution is -0.137. The number of anilines is 2. The molecule has 28 heavy (non-hydrogen) atoms. The first-order valence-electron chi connectivity index (χ1n) is 7.48. The van der Waals surface area contributed by atoms with Gasteiger partial charge >= 0.3 is 12.3 Å². The monoisotopic (exact) mass is 398 g/mol. The number of hydrogen-bond donors (Lipinski definition) is 5. The molecule has 2 rings (SSSR count). The predicted molar refractivity (Wildman–Crippen MR) is 88.4 cm³/mol. The molecule has 1 heterocycles. The van der Waals surface area contributed by atoms with Gasteiger partial charge in [-0.3, -0.25) is 20.4 Å². The number of nitrogens with zero attached hydrogens (tertiary/aromatic N) is 2. The Hall–Kier alpha value is -3.90. The van der Waals surface area contributed by atoms with Gasteiger partial charge in [-0.25, -0.2) is 14.8 Å². The Balaban J connectivity index is 2.05. The maximum absolute atomic E-state index is 12.6. The summed E-state index contributed by atoms with van der Waals surface area (Å²) in [6, 6.07) is 4.01. The maximum Gasteiger partial charge on any atom is 0.416 e. The molecular weight excluding hydrogens is 385 g/mol. The van der Waals surface area contributed by atoms with E-state index in [4.69, 9.17) is 5.11 Å². The van der Waals surface area contributed by atoms with Crippen molar-refractivity contribution in [3.05, 3.63) is 47.9 Å². The van der Waals surface area contributed by atoms with E-state index in [-0.39, 0.29) is 17.2 Å². The van der Waals surface area contributed by atoms with Crippen LogP contribution in [0.25, 0.3) is 0 Å². The van der Waals surface area contributed by atoms with Crippen molar-refractivity contribution >= 4 is 29.4 Å². The number of nitrogens with one attached hydrogen (secondary N) is 4. The Labute approximate surface area is 155 Å². The number of benzene rings is 1. The van der Waals surface area contributed by atoms with Crippen LogP contribution >= 0.6 is 0 Å². The lowest BCUT2D eigenvalue weighted by atomic mass is 10.2. The van der Waals surface area contributed by atoms with Crippen molar-refractivity contribution in [2.24, 2.45) is 0 Å². The highest BCUT2D eigenvalue weighted by atomic mass is 19.4. The highest BCUT2D eigenvalue weighted by Crippen LogP contribution is 2.30. The van der Waals surface area contributed by atoms with Gasteiger partial charge in [0.1, 0.15) is 6.54 Å². The zero-order chi connectivity index (χ0) is 20.7. The number of amides is 3. The molecule has 1 aromatic heterocycles. The van der Waals surface area contributed by atoms with Crippen molar-refractivity contribution in [1.29, 1.82) is 0 Å². The van der Waals surface area contributed by atoms with Gasteiger partial charge in [-0.2, -0.15) is 13.2 Å². The molecule has 0 aliphatic heterocycles. The normalized spacial score (nSPS) is 10.7. The first-order valence-corrected chi connectivity index (χ1v) is 7.48. The van der Waals surface area contributed by atoms with Crippen LogP contribution in [0.1, 0.15) is 16.1 Å². The average molecular weight is 398 g/mol. The summed E-state index contributed by atoms with van der Waals surface area (Å²) in [6.07, 6.45) is -3.46. The molecule has 0 aliphatic carbocycles. The minimum Gasteiger partial charge on any atom is -0.465 e. The van der Waals surface area contributed by atoms with Gasteiger partial charge in [0.2, 0.25) is 0 Å². The number of alkyl halides is 3. The molecule has 13 heteroatoms. The number of rotatable bonds is 5. The van der Waals surface area contributed by atoms with Gasteiger partial charge in [-0.1, -0.05) is 0 Å². The molecule has 5 N–H and O–H groups in total. The third-order valence-electron chi connectivity index (χ3n) is 3.10. The van der Waals surface area contributed by atoms with Crippen molar-refractivity contribution < 1.29 is 32.7 Å². The zero-order valence-electron chi connectivity index (χ0n) is 13.9. The van der Waals surface area contributed by atoms with Gasteiger partial charge < -0.3 is 15.7 Å². The second-order valence-electron chi connectivity index (χ2n) is 5.11. The molecule has 0 radical (unpaired) electrons. The van der Waals surface area contributed by atoms with E-state index < -0.39 is 36.2 Å². The lowest BCUT2D eigenvalue weighted by Gasteiger charge is -2.12. The summed E-state index contributed by atoms with van der Waals surface area (Å²) in [5, 5.41) is 12.8. The molecule has 2 aromatic rings. The topological polar surface area (TPSA) is 145 Å². The molecule has 0 saturated heterocycles. The van der Waals surface area contributed by atoms with Crippen molar-refractivity contribution in [2.75, 3.05) is 11.9 Å². The van der Waals surface area contributed by atoms with E-state index in [0.717, 1.165) is 24.3 Å². The highest BCUT2D eigenvalue weighted by Gasteiger charge is 2.30. The van der Waals surface area contributed by atoms with Gasteiger partial charge in [-0.15, -0.1) is 0 Å². The van der Waals surface area contributed by atoms with Crippen LogP contribution in [0.3, 0.4) is 0 Å². The van der Waals surface area contributed by atoms with E-state index in [0.29, 0.717) is 0 Å². The van der Waals surface area contributed by atoms with Crippen LogP contribution in [-0.2, 0) is 11.0 Å². The Morgan fingerprint density at radius 2 is 1.64 bits per heavy atom. The maximum atomic E-state index is 12.6. The number of carbonyl (C=O) groups is 3. The second-order valence-corrected chi connectivity index (χ2v) is 5.11. The highest BCUT2D eigenvalue weighted by molar-refractivity contribution is 5.98. The summed E-state index contributed by atoms with van der Waals surface area (Å²) >= 11 is 0. The van der Waals surface area contributed by atoms with Crippen LogP contribution in [0.4, 0.5) is 29.5 Å². The van der Waals surface area contributed by atoms with Gasteiger partial charge in [0, 0.05) is 18.1 Å². The summed E-state index contributed by atoms with van der Waals surface area (Å²) in [5.41, 5.74) is 3.11. The smallest absolute Gasteiger partial charge is 0.416 e. The first kappa shape index (κ1) is 20.4. The van der Waals surface area contributed by atoms with E-state index in [1.807, 2.05) is 10.9 Å². The summed E-state index contributed by atoms with van der Waals surface area (Å²) in [4.78, 5) is 41.5. The van der Waals surface area contributed by atoms with Gasteiger partial charge in [-0.05, 0) is 24.3 Å². The molecule has 0 bridgehead atoms. The van der Waals surface area contributed by atoms with E-state index in [1.54, 1.807) is 5.32 Å². The fraction of sp³-hybridized carbons (Fsp3) is 0.133. The summed E-state index contributed by atoms with van der Waals surface area (Å²) in [7, 11) is 0. The number of hydrogen-bond acceptors (Lipinski definition) is 6. The Morgan fingerprint density at radius 3 is 2.25 bits per heavy atom. The molecule has 0 spiro atoms. The third kappa shape index (κ3) is 5.82. The second kappa shape index (κ2) is 8.66. The van der Waals surface area contributed by atoms with Crippen LogP contribution in [0.2, 0.25) is 0 Å². The van der Waals surface area contributed by atoms with E-state index in [1.165, 1.54) is 12.4 Å². The van der Waals surface area contributed by atoms with Crippen molar-refractivity contribution in [3.8, 4) is 0 Å². The van der Waals surface area contributed by atoms with E-state index in [9.17, 15) is 27.6 Å². The average Bonchev–Trinajstić information content (AvgIpc) is 2.64. The molecule has 10 nitrogen and oxygen atoms in total. The molecule has 0 fully saturated rings. The molecule has 1 aromatic carbocycles. The number of hydrazine groups is 1. The predicted octanol–water partition coefficient (Wildman–Crippen LogP) is 1.27. The first-order chi connectivity index (χ1) is 13.2. The summed E-state index contributed by atoms with van der Waals surface area (Å²) in [6.45, 7) is -0.591. The lowest BCUT2D eigenvalue weighted by Crippen LogP contribution is -2.46. The Morgan fingerprint density at radius 1 is 1.00 bits per heavy atom. The Kier molecular flexibility index (Phi) is 6.31. The molecule has 0 atom stereocenters. The van der Waals surface area contributed by atoms with Crippen molar-refractivity contribution in [1.82, 2.24) is 26.1 Å². The van der Waals surface area contributed by atoms with E-state index >= 15 is 0 Å². The van der Waals surface area contributed by atoms with Gasteiger partial charge in [0.05, 0.1) is 5.56 Å². The minimum absolute atomic E-state index is 0.0716. The molecule has 0 saturated carbocycles. The minimum atomic E-state index is -4.48. The van der Waals surface area contributed by atoms with Crippen LogP contribution in [0, 0.1) is 0 Å². The Bertz CT molecular complexity index is 873. The van der Waals surface area contributed by atoms with Crippen LogP contribution in [0.5, 0.6) is 0 Å². The molecule has 0 unspecified atom stereocenters. The van der Waals surface area contributed by atoms with E-state index in [2.05, 4.69) is 15.3 Å².